The molecule has 1 N–H and O–H groups in total. The zero-order valence-electron chi connectivity index (χ0n) is 16.1. The number of aromatic nitrogens is 2. The molecule has 4 rings (SSSR count). The van der Waals surface area contributed by atoms with Crippen LogP contribution in [-0.2, 0) is 7.05 Å². The van der Waals surface area contributed by atoms with Crippen LogP contribution in [-0.4, -0.2) is 22.6 Å². The van der Waals surface area contributed by atoms with Crippen molar-refractivity contribution in [1.82, 2.24) is 14.9 Å². The number of carbonyl (C=O) groups is 1. The van der Waals surface area contributed by atoms with E-state index in [9.17, 15) is 9.18 Å². The number of aryl methyl sites for hydroxylation is 1. The zero-order valence-corrected chi connectivity index (χ0v) is 16.1. The fourth-order valence-electron chi connectivity index (χ4n) is 3.43. The molecule has 0 aliphatic rings. The van der Waals surface area contributed by atoms with Gasteiger partial charge in [-0.1, -0.05) is 42.5 Å². The molecule has 0 saturated carbocycles. The number of halogens is 1. The average molecular weight is 389 g/mol. The number of ether oxygens (including phenoxy) is 1. The molecule has 29 heavy (non-hydrogen) atoms. The number of amides is 1. The highest BCUT2D eigenvalue weighted by molar-refractivity contribution is 5.97. The number of nitrogens with zero attached hydrogens (tertiary/aromatic N) is 2. The van der Waals surface area contributed by atoms with E-state index in [1.165, 1.54) is 25.3 Å². The molecule has 1 aromatic heterocycles. The predicted octanol–water partition coefficient (Wildman–Crippen LogP) is 4.24. The third-order valence-electron chi connectivity index (χ3n) is 4.89. The van der Waals surface area contributed by atoms with E-state index < -0.39 is 17.8 Å². The second kappa shape index (κ2) is 7.75. The number of carbonyl (C=O) groups excluding carboxylic acids is 1. The minimum absolute atomic E-state index is 0.132. The minimum Gasteiger partial charge on any atom is -0.496 e. The standard InChI is InChI=1S/C23H20FN3O2/c1-27-19-11-7-6-10-18(19)25-22(27)21(15-8-4-3-5-9-15)26-23(28)17-14-16(24)12-13-20(17)29-2/h3-14,21H,1-2H3,(H,26,28). The van der Waals surface area contributed by atoms with E-state index in [0.717, 1.165) is 16.6 Å². The predicted molar refractivity (Wildman–Crippen MR) is 109 cm³/mol. The van der Waals surface area contributed by atoms with E-state index in [0.29, 0.717) is 11.6 Å². The number of hydrogen-bond donors (Lipinski definition) is 1. The van der Waals surface area contributed by atoms with Crippen LogP contribution in [0.3, 0.4) is 0 Å². The van der Waals surface area contributed by atoms with Crippen molar-refractivity contribution in [3.05, 3.63) is 95.6 Å². The Kier molecular flexibility index (Phi) is 4.99. The van der Waals surface area contributed by atoms with E-state index >= 15 is 0 Å². The van der Waals surface area contributed by atoms with Crippen molar-refractivity contribution in [2.24, 2.45) is 7.05 Å². The second-order valence-corrected chi connectivity index (χ2v) is 6.68. The molecular weight excluding hydrogens is 369 g/mol. The monoisotopic (exact) mass is 389 g/mol. The Bertz CT molecular complexity index is 1170. The number of fused-ring (bicyclic) bond motifs is 1. The van der Waals surface area contributed by atoms with Gasteiger partial charge >= 0.3 is 0 Å². The van der Waals surface area contributed by atoms with E-state index in [-0.39, 0.29) is 5.56 Å². The summed E-state index contributed by atoms with van der Waals surface area (Å²) in [6, 6.07) is 20.7. The third-order valence-corrected chi connectivity index (χ3v) is 4.89. The number of nitrogens with one attached hydrogen (secondary N) is 1. The largest absolute Gasteiger partial charge is 0.496 e. The molecule has 1 unspecified atom stereocenters. The lowest BCUT2D eigenvalue weighted by molar-refractivity contribution is 0.0937. The Morgan fingerprint density at radius 3 is 2.52 bits per heavy atom. The molecule has 4 aromatic rings. The SMILES string of the molecule is COc1ccc(F)cc1C(=O)NC(c1ccccc1)c1nc2ccccc2n1C. The number of rotatable bonds is 5. The lowest BCUT2D eigenvalue weighted by atomic mass is 10.0. The van der Waals surface area contributed by atoms with Crippen LogP contribution >= 0.6 is 0 Å². The van der Waals surface area contributed by atoms with Crippen molar-refractivity contribution >= 4 is 16.9 Å². The first-order chi connectivity index (χ1) is 14.1. The number of methoxy groups -OCH3 is 1. The lowest BCUT2D eigenvalue weighted by Gasteiger charge is -2.20. The molecule has 6 heteroatoms. The molecule has 0 spiro atoms. The van der Waals surface area contributed by atoms with E-state index in [1.54, 1.807) is 0 Å². The Labute approximate surface area is 167 Å². The maximum absolute atomic E-state index is 13.8. The van der Waals surface area contributed by atoms with Crippen molar-refractivity contribution < 1.29 is 13.9 Å². The first-order valence-electron chi connectivity index (χ1n) is 9.19. The van der Waals surface area contributed by atoms with Crippen molar-refractivity contribution in [3.8, 4) is 5.75 Å². The molecule has 1 heterocycles. The first kappa shape index (κ1) is 18.7. The molecule has 0 bridgehead atoms. The summed E-state index contributed by atoms with van der Waals surface area (Å²) >= 11 is 0. The topological polar surface area (TPSA) is 56.1 Å². The molecule has 0 radical (unpaired) electrons. The van der Waals surface area contributed by atoms with Crippen LogP contribution in [0.25, 0.3) is 11.0 Å². The maximum atomic E-state index is 13.8. The van der Waals surface area contributed by atoms with Gasteiger partial charge < -0.3 is 14.6 Å². The quantitative estimate of drug-likeness (QED) is 0.555. The van der Waals surface area contributed by atoms with Crippen LogP contribution < -0.4 is 10.1 Å². The van der Waals surface area contributed by atoms with Crippen molar-refractivity contribution in [2.45, 2.75) is 6.04 Å². The first-order valence-corrected chi connectivity index (χ1v) is 9.19. The summed E-state index contributed by atoms with van der Waals surface area (Å²) < 4.78 is 21.0. The molecule has 0 aliphatic carbocycles. The smallest absolute Gasteiger partial charge is 0.256 e. The van der Waals surface area contributed by atoms with Gasteiger partial charge in [0.1, 0.15) is 23.4 Å². The van der Waals surface area contributed by atoms with E-state index in [4.69, 9.17) is 9.72 Å². The van der Waals surface area contributed by atoms with Gasteiger partial charge in [0.05, 0.1) is 23.7 Å². The highest BCUT2D eigenvalue weighted by Crippen LogP contribution is 2.27. The Hall–Kier alpha value is -3.67. The van der Waals surface area contributed by atoms with Gasteiger partial charge in [-0.15, -0.1) is 0 Å². The fourth-order valence-corrected chi connectivity index (χ4v) is 3.43. The molecule has 0 aliphatic heterocycles. The van der Waals surface area contributed by atoms with Crippen LogP contribution in [0.1, 0.15) is 27.8 Å². The number of hydrogen-bond acceptors (Lipinski definition) is 3. The molecule has 0 fully saturated rings. The summed E-state index contributed by atoms with van der Waals surface area (Å²) in [7, 11) is 3.36. The summed E-state index contributed by atoms with van der Waals surface area (Å²) in [6.07, 6.45) is 0. The summed E-state index contributed by atoms with van der Waals surface area (Å²) in [4.78, 5) is 17.8. The van der Waals surface area contributed by atoms with Crippen LogP contribution in [0.15, 0.2) is 72.8 Å². The molecule has 1 atom stereocenters. The fraction of sp³-hybridized carbons (Fsp3) is 0.130. The van der Waals surface area contributed by atoms with Crippen LogP contribution in [0.4, 0.5) is 4.39 Å². The van der Waals surface area contributed by atoms with Crippen LogP contribution in [0.2, 0.25) is 0 Å². The highest BCUT2D eigenvalue weighted by Gasteiger charge is 2.24. The van der Waals surface area contributed by atoms with E-state index in [1.807, 2.05) is 66.2 Å². The maximum Gasteiger partial charge on any atom is 0.256 e. The summed E-state index contributed by atoms with van der Waals surface area (Å²) in [5, 5.41) is 3.00. The number of imidazole rings is 1. The molecular formula is C23H20FN3O2. The van der Waals surface area contributed by atoms with Gasteiger partial charge in [0.15, 0.2) is 0 Å². The van der Waals surface area contributed by atoms with Gasteiger partial charge in [-0.3, -0.25) is 4.79 Å². The molecule has 5 nitrogen and oxygen atoms in total. The van der Waals surface area contributed by atoms with E-state index in [2.05, 4.69) is 5.32 Å². The summed E-state index contributed by atoms with van der Waals surface area (Å²) in [5.74, 6) is 0.0408. The molecule has 146 valence electrons. The van der Waals surface area contributed by atoms with Gasteiger partial charge in [-0.05, 0) is 35.9 Å². The normalized spacial score (nSPS) is 12.0. The molecule has 3 aromatic carbocycles. The Morgan fingerprint density at radius 1 is 1.07 bits per heavy atom. The third kappa shape index (κ3) is 3.57. The van der Waals surface area contributed by atoms with Gasteiger partial charge in [0, 0.05) is 7.05 Å². The lowest BCUT2D eigenvalue weighted by Crippen LogP contribution is -2.31. The Balaban J connectivity index is 1.79. The Morgan fingerprint density at radius 2 is 1.79 bits per heavy atom. The van der Waals surface area contributed by atoms with Gasteiger partial charge in [-0.2, -0.15) is 0 Å². The van der Waals surface area contributed by atoms with Gasteiger partial charge in [-0.25, -0.2) is 9.37 Å². The number of benzene rings is 3. The minimum atomic E-state index is -0.519. The zero-order chi connectivity index (χ0) is 20.4. The molecule has 1 amide bonds. The highest BCUT2D eigenvalue weighted by atomic mass is 19.1. The summed E-state index contributed by atoms with van der Waals surface area (Å²) in [6.45, 7) is 0. The van der Waals surface area contributed by atoms with Gasteiger partial charge in [0.25, 0.3) is 5.91 Å². The van der Waals surface area contributed by atoms with Crippen LogP contribution in [0, 0.1) is 5.82 Å². The number of para-hydroxylation sites is 2. The molecule has 0 saturated heterocycles. The van der Waals surface area contributed by atoms with Crippen molar-refractivity contribution in [1.29, 1.82) is 0 Å². The second-order valence-electron chi connectivity index (χ2n) is 6.68. The van der Waals surface area contributed by atoms with Crippen molar-refractivity contribution in [3.63, 3.8) is 0 Å². The van der Waals surface area contributed by atoms with Gasteiger partial charge in [0.2, 0.25) is 0 Å². The summed E-state index contributed by atoms with van der Waals surface area (Å²) in [5.41, 5.74) is 2.80. The average Bonchev–Trinajstić information content (AvgIpc) is 3.09. The van der Waals surface area contributed by atoms with Crippen molar-refractivity contribution in [2.75, 3.05) is 7.11 Å². The van der Waals surface area contributed by atoms with Crippen LogP contribution in [0.5, 0.6) is 5.75 Å².